The fraction of sp³-hybridized carbons (Fsp3) is 1.00. The lowest BCUT2D eigenvalue weighted by molar-refractivity contribution is 0.0569. The van der Waals surface area contributed by atoms with Gasteiger partial charge in [0.05, 0.1) is 6.61 Å². The Balaban J connectivity index is 1.98. The van der Waals surface area contributed by atoms with Crippen LogP contribution >= 0.6 is 0 Å². The molecule has 2 aliphatic rings. The minimum atomic E-state index is 0.316. The highest BCUT2D eigenvalue weighted by atomic mass is 16.5. The normalized spacial score (nSPS) is 42.5. The largest absolute Gasteiger partial charge is 0.379 e. The van der Waals surface area contributed by atoms with Gasteiger partial charge in [-0.15, -0.1) is 0 Å². The molecule has 0 aromatic heterocycles. The van der Waals surface area contributed by atoms with Crippen LogP contribution in [-0.4, -0.2) is 49.3 Å². The molecule has 13 heavy (non-hydrogen) atoms. The van der Waals surface area contributed by atoms with E-state index in [0.29, 0.717) is 11.6 Å². The van der Waals surface area contributed by atoms with E-state index in [-0.39, 0.29) is 0 Å². The first-order valence-electron chi connectivity index (χ1n) is 5.27. The van der Waals surface area contributed by atoms with Gasteiger partial charge in [-0.1, -0.05) is 0 Å². The molecule has 76 valence electrons. The first-order valence-corrected chi connectivity index (χ1v) is 5.27. The van der Waals surface area contributed by atoms with Crippen LogP contribution in [-0.2, 0) is 4.74 Å². The summed E-state index contributed by atoms with van der Waals surface area (Å²) in [5.41, 5.74) is 0.316. The molecule has 0 aromatic carbocycles. The number of ether oxygens (including phenoxy) is 1. The zero-order valence-corrected chi connectivity index (χ0v) is 8.68. The number of nitrogens with zero attached hydrogens (tertiary/aromatic N) is 1. The van der Waals surface area contributed by atoms with Crippen LogP contribution in [0.25, 0.3) is 0 Å². The Morgan fingerprint density at radius 2 is 2.38 bits per heavy atom. The molecule has 0 radical (unpaired) electrons. The minimum absolute atomic E-state index is 0.316. The third-order valence-corrected chi connectivity index (χ3v) is 3.33. The van der Waals surface area contributed by atoms with Crippen molar-refractivity contribution in [1.82, 2.24) is 10.2 Å². The molecule has 3 heteroatoms. The van der Waals surface area contributed by atoms with Crippen molar-refractivity contribution >= 4 is 0 Å². The van der Waals surface area contributed by atoms with E-state index in [0.717, 1.165) is 19.8 Å². The molecule has 0 aromatic rings. The van der Waals surface area contributed by atoms with Gasteiger partial charge < -0.3 is 10.1 Å². The Morgan fingerprint density at radius 1 is 1.54 bits per heavy atom. The van der Waals surface area contributed by atoms with Gasteiger partial charge in [0.15, 0.2) is 0 Å². The molecular formula is C10H20N2O. The maximum atomic E-state index is 5.49. The smallest absolute Gasteiger partial charge is 0.0648 e. The average molecular weight is 184 g/mol. The van der Waals surface area contributed by atoms with Crippen molar-refractivity contribution < 1.29 is 4.74 Å². The Morgan fingerprint density at radius 3 is 3.00 bits per heavy atom. The van der Waals surface area contributed by atoms with Gasteiger partial charge in [0.2, 0.25) is 0 Å². The predicted molar refractivity (Wildman–Crippen MR) is 52.9 cm³/mol. The van der Waals surface area contributed by atoms with Crippen LogP contribution in [0.3, 0.4) is 0 Å². The second kappa shape index (κ2) is 3.56. The minimum Gasteiger partial charge on any atom is -0.379 e. The van der Waals surface area contributed by atoms with E-state index in [9.17, 15) is 0 Å². The topological polar surface area (TPSA) is 24.5 Å². The van der Waals surface area contributed by atoms with Gasteiger partial charge in [-0.3, -0.25) is 4.90 Å². The van der Waals surface area contributed by atoms with Crippen molar-refractivity contribution in [1.29, 1.82) is 0 Å². The molecular weight excluding hydrogens is 164 g/mol. The lowest BCUT2D eigenvalue weighted by Gasteiger charge is -2.42. The van der Waals surface area contributed by atoms with Crippen LogP contribution in [0, 0.1) is 0 Å². The third kappa shape index (κ3) is 1.87. The zero-order valence-electron chi connectivity index (χ0n) is 8.68. The first kappa shape index (κ1) is 9.44. The van der Waals surface area contributed by atoms with E-state index in [1.807, 2.05) is 0 Å². The number of nitrogens with one attached hydrogen (secondary N) is 1. The van der Waals surface area contributed by atoms with Crippen molar-refractivity contribution in [3.05, 3.63) is 0 Å². The van der Waals surface area contributed by atoms with Gasteiger partial charge in [-0.05, 0) is 20.3 Å². The third-order valence-electron chi connectivity index (χ3n) is 3.33. The van der Waals surface area contributed by atoms with Crippen molar-refractivity contribution in [2.45, 2.75) is 31.8 Å². The quantitative estimate of drug-likeness (QED) is 0.641. The molecule has 0 bridgehead atoms. The van der Waals surface area contributed by atoms with Gasteiger partial charge in [0.1, 0.15) is 0 Å². The van der Waals surface area contributed by atoms with E-state index in [2.05, 4.69) is 24.1 Å². The molecule has 2 fully saturated rings. The molecule has 2 heterocycles. The molecule has 2 rings (SSSR count). The fourth-order valence-electron chi connectivity index (χ4n) is 2.33. The summed E-state index contributed by atoms with van der Waals surface area (Å²) >= 11 is 0. The molecule has 2 atom stereocenters. The zero-order chi connectivity index (χ0) is 9.31. The molecule has 3 nitrogen and oxygen atoms in total. The summed E-state index contributed by atoms with van der Waals surface area (Å²) < 4.78 is 5.49. The fourth-order valence-corrected chi connectivity index (χ4v) is 2.33. The maximum absolute atomic E-state index is 5.49. The van der Waals surface area contributed by atoms with Gasteiger partial charge >= 0.3 is 0 Å². The summed E-state index contributed by atoms with van der Waals surface area (Å²) in [6, 6.07) is 0.631. The second-order valence-electron chi connectivity index (χ2n) is 4.60. The van der Waals surface area contributed by atoms with Crippen LogP contribution in [0.1, 0.15) is 20.3 Å². The maximum Gasteiger partial charge on any atom is 0.0648 e. The van der Waals surface area contributed by atoms with Gasteiger partial charge in [0, 0.05) is 37.8 Å². The van der Waals surface area contributed by atoms with Crippen molar-refractivity contribution in [2.75, 3.05) is 32.8 Å². The van der Waals surface area contributed by atoms with Gasteiger partial charge in [-0.2, -0.15) is 0 Å². The standard InChI is InChI=1S/C10H20N2O/c1-9-7-12(5-4-11-9)10(2)3-6-13-8-10/h9,11H,3-8H2,1-2H3. The summed E-state index contributed by atoms with van der Waals surface area (Å²) in [7, 11) is 0. The summed E-state index contributed by atoms with van der Waals surface area (Å²) in [5, 5.41) is 3.47. The summed E-state index contributed by atoms with van der Waals surface area (Å²) in [4.78, 5) is 2.58. The summed E-state index contributed by atoms with van der Waals surface area (Å²) in [6.45, 7) is 9.90. The second-order valence-corrected chi connectivity index (χ2v) is 4.60. The van der Waals surface area contributed by atoms with Crippen LogP contribution in [0.4, 0.5) is 0 Å². The molecule has 0 saturated carbocycles. The van der Waals surface area contributed by atoms with E-state index in [1.165, 1.54) is 19.5 Å². The van der Waals surface area contributed by atoms with E-state index < -0.39 is 0 Å². The predicted octanol–water partition coefficient (Wildman–Crippen LogP) is 0.459. The van der Waals surface area contributed by atoms with Crippen LogP contribution < -0.4 is 5.32 Å². The molecule has 0 amide bonds. The molecule has 2 saturated heterocycles. The number of piperazine rings is 1. The highest BCUT2D eigenvalue weighted by Crippen LogP contribution is 2.26. The molecule has 2 aliphatic heterocycles. The molecule has 0 spiro atoms. The lowest BCUT2D eigenvalue weighted by atomic mass is 9.97. The van der Waals surface area contributed by atoms with Gasteiger partial charge in [0.25, 0.3) is 0 Å². The number of hydrogen-bond donors (Lipinski definition) is 1. The number of hydrogen-bond acceptors (Lipinski definition) is 3. The SMILES string of the molecule is CC1CN(C2(C)CCOC2)CCN1. The van der Waals surface area contributed by atoms with Crippen molar-refractivity contribution in [3.63, 3.8) is 0 Å². The summed E-state index contributed by atoms with van der Waals surface area (Å²) in [6.07, 6.45) is 1.19. The monoisotopic (exact) mass is 184 g/mol. The first-order chi connectivity index (χ1) is 6.21. The Labute approximate surface area is 80.4 Å². The average Bonchev–Trinajstić information content (AvgIpc) is 2.54. The highest BCUT2D eigenvalue weighted by molar-refractivity contribution is 4.93. The van der Waals surface area contributed by atoms with Crippen LogP contribution in [0.15, 0.2) is 0 Å². The van der Waals surface area contributed by atoms with E-state index in [4.69, 9.17) is 4.74 Å². The number of rotatable bonds is 1. The molecule has 1 N–H and O–H groups in total. The van der Waals surface area contributed by atoms with Crippen molar-refractivity contribution in [2.24, 2.45) is 0 Å². The molecule has 2 unspecified atom stereocenters. The van der Waals surface area contributed by atoms with Gasteiger partial charge in [-0.25, -0.2) is 0 Å². The molecule has 0 aliphatic carbocycles. The van der Waals surface area contributed by atoms with E-state index in [1.54, 1.807) is 0 Å². The van der Waals surface area contributed by atoms with Crippen LogP contribution in [0.2, 0.25) is 0 Å². The Bertz CT molecular complexity index is 178. The summed E-state index contributed by atoms with van der Waals surface area (Å²) in [5.74, 6) is 0. The van der Waals surface area contributed by atoms with Crippen molar-refractivity contribution in [3.8, 4) is 0 Å². The Hall–Kier alpha value is -0.120. The van der Waals surface area contributed by atoms with Crippen LogP contribution in [0.5, 0.6) is 0 Å². The Kier molecular flexibility index (Phi) is 2.58. The highest BCUT2D eigenvalue weighted by Gasteiger charge is 2.37. The van der Waals surface area contributed by atoms with E-state index >= 15 is 0 Å². The lowest BCUT2D eigenvalue weighted by Crippen LogP contribution is -2.58.